The molecule has 4 rings (SSSR count). The predicted molar refractivity (Wildman–Crippen MR) is 113 cm³/mol. The van der Waals surface area contributed by atoms with Crippen LogP contribution < -0.4 is 5.56 Å². The van der Waals surface area contributed by atoms with Gasteiger partial charge in [0.15, 0.2) is 0 Å². The summed E-state index contributed by atoms with van der Waals surface area (Å²) in [4.78, 5) is 33.7. The van der Waals surface area contributed by atoms with Crippen molar-refractivity contribution in [3.8, 4) is 6.07 Å². The molecule has 1 aliphatic rings. The Morgan fingerprint density at radius 3 is 2.86 bits per heavy atom. The first-order chi connectivity index (χ1) is 14.0. The van der Waals surface area contributed by atoms with Gasteiger partial charge in [0.05, 0.1) is 21.9 Å². The van der Waals surface area contributed by atoms with Gasteiger partial charge in [0.1, 0.15) is 10.7 Å². The van der Waals surface area contributed by atoms with E-state index in [4.69, 9.17) is 5.26 Å². The van der Waals surface area contributed by atoms with Crippen molar-refractivity contribution in [1.29, 1.82) is 5.26 Å². The van der Waals surface area contributed by atoms with Crippen LogP contribution in [0.15, 0.2) is 41.7 Å². The van der Waals surface area contributed by atoms with Crippen molar-refractivity contribution in [3.63, 3.8) is 0 Å². The SMILES string of the molecule is C=CCN(Cc1ccc(C#N)cc1)C(=O)c1sc2nc3n(c(=O)c2c1C)CCC3. The lowest BCUT2D eigenvalue weighted by atomic mass is 10.1. The molecule has 0 spiro atoms. The monoisotopic (exact) mass is 404 g/mol. The van der Waals surface area contributed by atoms with Crippen LogP contribution in [0.25, 0.3) is 10.2 Å². The van der Waals surface area contributed by atoms with Crippen LogP contribution in [0.5, 0.6) is 0 Å². The van der Waals surface area contributed by atoms with Gasteiger partial charge in [0.2, 0.25) is 0 Å². The third-order valence-corrected chi connectivity index (χ3v) is 6.37. The summed E-state index contributed by atoms with van der Waals surface area (Å²) in [5, 5.41) is 9.51. The Balaban J connectivity index is 1.70. The average molecular weight is 404 g/mol. The highest BCUT2D eigenvalue weighted by molar-refractivity contribution is 7.20. The Morgan fingerprint density at radius 2 is 2.17 bits per heavy atom. The largest absolute Gasteiger partial charge is 0.330 e. The van der Waals surface area contributed by atoms with Crippen LogP contribution in [0.2, 0.25) is 0 Å². The average Bonchev–Trinajstić information content (AvgIpc) is 3.33. The van der Waals surface area contributed by atoms with Gasteiger partial charge in [-0.3, -0.25) is 14.2 Å². The molecule has 0 saturated heterocycles. The van der Waals surface area contributed by atoms with E-state index in [1.807, 2.05) is 19.1 Å². The minimum absolute atomic E-state index is 0.0438. The van der Waals surface area contributed by atoms with E-state index in [9.17, 15) is 9.59 Å². The summed E-state index contributed by atoms with van der Waals surface area (Å²) >= 11 is 1.29. The number of carbonyl (C=O) groups excluding carboxylic acids is 1. The van der Waals surface area contributed by atoms with E-state index in [1.54, 1.807) is 27.7 Å². The number of thiophene rings is 1. The molecule has 3 aromatic rings. The molecular formula is C22H20N4O2S. The van der Waals surface area contributed by atoms with Crippen molar-refractivity contribution in [2.45, 2.75) is 32.9 Å². The maximum atomic E-state index is 13.3. The number of carbonyl (C=O) groups is 1. The smallest absolute Gasteiger partial charge is 0.264 e. The van der Waals surface area contributed by atoms with E-state index in [-0.39, 0.29) is 11.5 Å². The van der Waals surface area contributed by atoms with Gasteiger partial charge >= 0.3 is 0 Å². The Morgan fingerprint density at radius 1 is 1.41 bits per heavy atom. The molecule has 0 N–H and O–H groups in total. The maximum absolute atomic E-state index is 13.3. The summed E-state index contributed by atoms with van der Waals surface area (Å²) < 4.78 is 1.73. The predicted octanol–water partition coefficient (Wildman–Crippen LogP) is 3.41. The Kier molecular flexibility index (Phi) is 5.03. The molecule has 7 heteroatoms. The van der Waals surface area contributed by atoms with Gasteiger partial charge in [-0.25, -0.2) is 4.98 Å². The second kappa shape index (κ2) is 7.64. The molecule has 1 amide bonds. The first-order valence-corrected chi connectivity index (χ1v) is 10.3. The third kappa shape index (κ3) is 3.36. The molecule has 6 nitrogen and oxygen atoms in total. The van der Waals surface area contributed by atoms with Crippen molar-refractivity contribution in [2.75, 3.05) is 6.54 Å². The summed E-state index contributed by atoms with van der Waals surface area (Å²) in [5.74, 6) is 0.669. The highest BCUT2D eigenvalue weighted by Crippen LogP contribution is 2.30. The molecule has 0 saturated carbocycles. The van der Waals surface area contributed by atoms with Gasteiger partial charge in [-0.1, -0.05) is 18.2 Å². The lowest BCUT2D eigenvalue weighted by Gasteiger charge is -2.21. The van der Waals surface area contributed by atoms with Crippen molar-refractivity contribution >= 4 is 27.5 Å². The highest BCUT2D eigenvalue weighted by atomic mass is 32.1. The minimum atomic E-state index is -0.140. The van der Waals surface area contributed by atoms with E-state index in [1.165, 1.54) is 11.3 Å². The topological polar surface area (TPSA) is 79.0 Å². The zero-order chi connectivity index (χ0) is 20.5. The van der Waals surface area contributed by atoms with E-state index in [0.717, 1.165) is 24.2 Å². The number of nitriles is 1. The molecule has 3 heterocycles. The van der Waals surface area contributed by atoms with Gasteiger partial charge in [-0.2, -0.15) is 5.26 Å². The van der Waals surface area contributed by atoms with Gasteiger partial charge in [-0.05, 0) is 36.6 Å². The Labute approximate surface area is 172 Å². The molecule has 1 aliphatic heterocycles. The summed E-state index contributed by atoms with van der Waals surface area (Å²) in [6, 6.07) is 9.26. The number of hydrogen-bond acceptors (Lipinski definition) is 5. The number of benzene rings is 1. The van der Waals surface area contributed by atoms with Crippen LogP contribution >= 0.6 is 11.3 Å². The zero-order valence-corrected chi connectivity index (χ0v) is 17.0. The van der Waals surface area contributed by atoms with Crippen LogP contribution in [0.3, 0.4) is 0 Å². The molecule has 0 bridgehead atoms. The summed E-state index contributed by atoms with van der Waals surface area (Å²) in [5.41, 5.74) is 2.16. The van der Waals surface area contributed by atoms with Gasteiger partial charge in [-0.15, -0.1) is 17.9 Å². The maximum Gasteiger partial charge on any atom is 0.264 e. The number of hydrogen-bond donors (Lipinski definition) is 0. The third-order valence-electron chi connectivity index (χ3n) is 5.20. The molecule has 0 unspecified atom stereocenters. The Bertz CT molecular complexity index is 1210. The molecule has 2 aromatic heterocycles. The molecular weight excluding hydrogens is 384 g/mol. The molecule has 29 heavy (non-hydrogen) atoms. The lowest BCUT2D eigenvalue weighted by molar-refractivity contribution is 0.0767. The van der Waals surface area contributed by atoms with E-state index < -0.39 is 0 Å². The van der Waals surface area contributed by atoms with Crippen LogP contribution in [0, 0.1) is 18.3 Å². The van der Waals surface area contributed by atoms with Gasteiger partial charge < -0.3 is 4.90 Å². The fourth-order valence-corrected chi connectivity index (χ4v) is 4.86. The summed E-state index contributed by atoms with van der Waals surface area (Å²) in [7, 11) is 0. The first-order valence-electron chi connectivity index (χ1n) is 9.45. The number of rotatable bonds is 5. The number of amides is 1. The standard InChI is InChI=1S/C22H20N4O2S/c1-3-10-25(13-16-8-6-15(12-23)7-9-16)22(28)19-14(2)18-20(29-19)24-17-5-4-11-26(17)21(18)27/h3,6-9H,1,4-5,10-11,13H2,2H3. The fourth-order valence-electron chi connectivity index (χ4n) is 3.70. The van der Waals surface area contributed by atoms with Crippen molar-refractivity contribution < 1.29 is 4.79 Å². The number of aryl methyl sites for hydroxylation is 2. The van der Waals surface area contributed by atoms with Crippen molar-refractivity contribution in [3.05, 3.63) is 74.7 Å². The zero-order valence-electron chi connectivity index (χ0n) is 16.1. The van der Waals surface area contributed by atoms with Crippen molar-refractivity contribution in [2.24, 2.45) is 0 Å². The van der Waals surface area contributed by atoms with E-state index in [2.05, 4.69) is 17.6 Å². The lowest BCUT2D eigenvalue weighted by Crippen LogP contribution is -2.30. The molecule has 0 aliphatic carbocycles. The molecule has 0 fully saturated rings. The summed E-state index contributed by atoms with van der Waals surface area (Å²) in [6.07, 6.45) is 3.42. The Hall–Kier alpha value is -3.24. The van der Waals surface area contributed by atoms with Crippen LogP contribution in [0.1, 0.15) is 38.6 Å². The van der Waals surface area contributed by atoms with Crippen LogP contribution in [-0.2, 0) is 19.5 Å². The first kappa shape index (κ1) is 19.1. The quantitative estimate of drug-likeness (QED) is 0.611. The molecule has 146 valence electrons. The second-order valence-corrected chi connectivity index (χ2v) is 8.11. The fraction of sp³-hybridized carbons (Fsp3) is 0.273. The van der Waals surface area contributed by atoms with Gasteiger partial charge in [0.25, 0.3) is 11.5 Å². The second-order valence-electron chi connectivity index (χ2n) is 7.11. The van der Waals surface area contributed by atoms with Gasteiger partial charge in [0, 0.05) is 26.1 Å². The normalized spacial score (nSPS) is 12.6. The molecule has 0 radical (unpaired) electrons. The number of nitrogens with zero attached hydrogens (tertiary/aromatic N) is 4. The van der Waals surface area contributed by atoms with E-state index in [0.29, 0.717) is 45.9 Å². The molecule has 0 atom stereocenters. The molecule has 1 aromatic carbocycles. The number of fused-ring (bicyclic) bond motifs is 2. The van der Waals surface area contributed by atoms with E-state index >= 15 is 0 Å². The minimum Gasteiger partial charge on any atom is -0.330 e. The van der Waals surface area contributed by atoms with Crippen LogP contribution in [-0.4, -0.2) is 26.9 Å². The van der Waals surface area contributed by atoms with Crippen molar-refractivity contribution in [1.82, 2.24) is 14.5 Å². The summed E-state index contributed by atoms with van der Waals surface area (Å²) in [6.45, 7) is 7.06. The number of aromatic nitrogens is 2. The highest BCUT2D eigenvalue weighted by Gasteiger charge is 2.25. The van der Waals surface area contributed by atoms with Crippen LogP contribution in [0.4, 0.5) is 0 Å².